The zero-order chi connectivity index (χ0) is 12.1. The SMILES string of the molecule is NNC(=O)c1cncc(C(O)C(O)CS)c1. The van der Waals surface area contributed by atoms with Crippen molar-refractivity contribution in [1.82, 2.24) is 10.4 Å². The number of hydrogen-bond donors (Lipinski definition) is 5. The Hall–Kier alpha value is -1.15. The van der Waals surface area contributed by atoms with Crippen LogP contribution in [0.4, 0.5) is 0 Å². The number of carbonyl (C=O) groups excluding carboxylic acids is 1. The van der Waals surface area contributed by atoms with Gasteiger partial charge in [-0.25, -0.2) is 5.84 Å². The van der Waals surface area contributed by atoms with Gasteiger partial charge in [0.1, 0.15) is 6.10 Å². The molecule has 0 aliphatic carbocycles. The van der Waals surface area contributed by atoms with E-state index in [1.54, 1.807) is 0 Å². The average Bonchev–Trinajstić information content (AvgIpc) is 2.36. The Labute approximate surface area is 97.9 Å². The summed E-state index contributed by atoms with van der Waals surface area (Å²) in [6.07, 6.45) is 0.535. The van der Waals surface area contributed by atoms with Gasteiger partial charge < -0.3 is 10.2 Å². The third-order valence-electron chi connectivity index (χ3n) is 2.05. The highest BCUT2D eigenvalue weighted by molar-refractivity contribution is 7.80. The maximum atomic E-state index is 11.2. The van der Waals surface area contributed by atoms with Crippen molar-refractivity contribution in [1.29, 1.82) is 0 Å². The molecule has 16 heavy (non-hydrogen) atoms. The molecular formula is C9H13N3O3S. The van der Waals surface area contributed by atoms with Gasteiger partial charge in [-0.05, 0) is 6.07 Å². The Morgan fingerprint density at radius 2 is 2.25 bits per heavy atom. The highest BCUT2D eigenvalue weighted by Gasteiger charge is 2.18. The number of nitrogens with one attached hydrogen (secondary N) is 1. The third-order valence-corrected chi connectivity index (χ3v) is 2.42. The summed E-state index contributed by atoms with van der Waals surface area (Å²) in [4.78, 5) is 15.0. The number of aliphatic hydroxyl groups is 2. The van der Waals surface area contributed by atoms with Crippen molar-refractivity contribution in [2.45, 2.75) is 12.2 Å². The van der Waals surface area contributed by atoms with E-state index in [1.165, 1.54) is 18.5 Å². The molecule has 2 atom stereocenters. The van der Waals surface area contributed by atoms with Crippen LogP contribution in [0.15, 0.2) is 18.5 Å². The second-order valence-corrected chi connectivity index (χ2v) is 3.54. The highest BCUT2D eigenvalue weighted by atomic mass is 32.1. The van der Waals surface area contributed by atoms with Gasteiger partial charge in [0.25, 0.3) is 5.91 Å². The molecule has 0 fully saturated rings. The fourth-order valence-corrected chi connectivity index (χ4v) is 1.35. The van der Waals surface area contributed by atoms with Gasteiger partial charge in [0.2, 0.25) is 0 Å². The van der Waals surface area contributed by atoms with Gasteiger partial charge in [0.05, 0.1) is 11.7 Å². The van der Waals surface area contributed by atoms with Crippen molar-refractivity contribution in [3.05, 3.63) is 29.6 Å². The van der Waals surface area contributed by atoms with E-state index in [0.29, 0.717) is 5.56 Å². The number of nitrogen functional groups attached to an aromatic ring is 1. The number of hydrogen-bond acceptors (Lipinski definition) is 6. The molecule has 0 aliphatic rings. The number of carbonyl (C=O) groups is 1. The molecule has 0 aromatic carbocycles. The van der Waals surface area contributed by atoms with E-state index in [4.69, 9.17) is 5.84 Å². The lowest BCUT2D eigenvalue weighted by Gasteiger charge is -2.16. The monoisotopic (exact) mass is 243 g/mol. The summed E-state index contributed by atoms with van der Waals surface area (Å²) in [6, 6.07) is 1.41. The molecule has 1 aromatic heterocycles. The molecule has 1 aromatic rings. The lowest BCUT2D eigenvalue weighted by molar-refractivity contribution is 0.0335. The van der Waals surface area contributed by atoms with Crippen LogP contribution in [0.1, 0.15) is 22.0 Å². The molecule has 0 saturated carbocycles. The second kappa shape index (κ2) is 5.80. The maximum absolute atomic E-state index is 11.2. The van der Waals surface area contributed by atoms with Crippen LogP contribution in [0.3, 0.4) is 0 Å². The van der Waals surface area contributed by atoms with E-state index >= 15 is 0 Å². The van der Waals surface area contributed by atoms with E-state index in [1.807, 2.05) is 5.43 Å². The van der Waals surface area contributed by atoms with Gasteiger partial charge in [-0.1, -0.05) is 0 Å². The number of thiol groups is 1. The van der Waals surface area contributed by atoms with E-state index < -0.39 is 18.1 Å². The topological polar surface area (TPSA) is 108 Å². The molecule has 2 unspecified atom stereocenters. The molecule has 5 N–H and O–H groups in total. The minimum absolute atomic E-state index is 0.106. The minimum Gasteiger partial charge on any atom is -0.389 e. The van der Waals surface area contributed by atoms with Crippen LogP contribution in [0.2, 0.25) is 0 Å². The standard InChI is InChI=1S/C9H13N3O3S/c10-12-9(15)6-1-5(2-11-3-6)8(14)7(13)4-16/h1-3,7-8,13-14,16H,4,10H2,(H,12,15). The number of aromatic nitrogens is 1. The lowest BCUT2D eigenvalue weighted by Crippen LogP contribution is -2.30. The predicted octanol–water partition coefficient (Wildman–Crippen LogP) is -0.991. The average molecular weight is 243 g/mol. The molecule has 88 valence electrons. The minimum atomic E-state index is -1.13. The number of pyridine rings is 1. The third kappa shape index (κ3) is 2.92. The Morgan fingerprint density at radius 3 is 2.81 bits per heavy atom. The molecule has 1 amide bonds. The molecule has 0 radical (unpaired) electrons. The van der Waals surface area contributed by atoms with Crippen molar-refractivity contribution in [3.63, 3.8) is 0 Å². The number of nitrogens with two attached hydrogens (primary N) is 1. The summed E-state index contributed by atoms with van der Waals surface area (Å²) in [7, 11) is 0. The number of rotatable bonds is 4. The Balaban J connectivity index is 2.94. The number of nitrogens with zero attached hydrogens (tertiary/aromatic N) is 1. The fourth-order valence-electron chi connectivity index (χ4n) is 1.15. The predicted molar refractivity (Wildman–Crippen MR) is 60.7 cm³/mol. The van der Waals surface area contributed by atoms with Crippen LogP contribution in [0.5, 0.6) is 0 Å². The summed E-state index contributed by atoms with van der Waals surface area (Å²) in [5, 5.41) is 19.1. The summed E-state index contributed by atoms with van der Waals surface area (Å²) in [5.41, 5.74) is 2.50. The molecule has 7 heteroatoms. The molecule has 0 saturated heterocycles. The Bertz CT molecular complexity index is 375. The van der Waals surface area contributed by atoms with Crippen molar-refractivity contribution < 1.29 is 15.0 Å². The number of amides is 1. The van der Waals surface area contributed by atoms with Crippen molar-refractivity contribution in [3.8, 4) is 0 Å². The van der Waals surface area contributed by atoms with Crippen molar-refractivity contribution >= 4 is 18.5 Å². The van der Waals surface area contributed by atoms with Gasteiger partial charge in [-0.2, -0.15) is 12.6 Å². The molecule has 0 spiro atoms. The van der Waals surface area contributed by atoms with Crippen LogP contribution in [0, 0.1) is 0 Å². The van der Waals surface area contributed by atoms with Gasteiger partial charge in [0, 0.05) is 23.7 Å². The summed E-state index contributed by atoms with van der Waals surface area (Å²) in [5.74, 6) is 4.56. The quantitative estimate of drug-likeness (QED) is 0.202. The molecule has 1 rings (SSSR count). The Kier molecular flexibility index (Phi) is 4.69. The van der Waals surface area contributed by atoms with E-state index in [-0.39, 0.29) is 11.3 Å². The van der Waals surface area contributed by atoms with Crippen molar-refractivity contribution in [2.24, 2.45) is 5.84 Å². The molecule has 0 bridgehead atoms. The van der Waals surface area contributed by atoms with Gasteiger partial charge in [0.15, 0.2) is 0 Å². The second-order valence-electron chi connectivity index (χ2n) is 3.18. The first kappa shape index (κ1) is 12.9. The van der Waals surface area contributed by atoms with E-state index in [2.05, 4.69) is 17.6 Å². The van der Waals surface area contributed by atoms with Crippen LogP contribution in [0.25, 0.3) is 0 Å². The molecule has 1 heterocycles. The molecule has 6 nitrogen and oxygen atoms in total. The summed E-state index contributed by atoms with van der Waals surface area (Å²) < 4.78 is 0. The number of aliphatic hydroxyl groups excluding tert-OH is 2. The summed E-state index contributed by atoms with van der Waals surface area (Å²) >= 11 is 3.86. The van der Waals surface area contributed by atoms with Crippen molar-refractivity contribution in [2.75, 3.05) is 5.75 Å². The van der Waals surface area contributed by atoms with Gasteiger partial charge in [-0.3, -0.25) is 15.2 Å². The first-order chi connectivity index (χ1) is 7.60. The van der Waals surface area contributed by atoms with Crippen LogP contribution >= 0.6 is 12.6 Å². The largest absolute Gasteiger partial charge is 0.389 e. The van der Waals surface area contributed by atoms with E-state index in [9.17, 15) is 15.0 Å². The zero-order valence-corrected chi connectivity index (χ0v) is 9.26. The van der Waals surface area contributed by atoms with Gasteiger partial charge in [-0.15, -0.1) is 0 Å². The van der Waals surface area contributed by atoms with Crippen LogP contribution in [-0.4, -0.2) is 33.0 Å². The normalized spacial score (nSPS) is 14.2. The van der Waals surface area contributed by atoms with E-state index in [0.717, 1.165) is 0 Å². The lowest BCUT2D eigenvalue weighted by atomic mass is 10.1. The zero-order valence-electron chi connectivity index (χ0n) is 8.37. The van der Waals surface area contributed by atoms with Gasteiger partial charge >= 0.3 is 0 Å². The maximum Gasteiger partial charge on any atom is 0.266 e. The molecule has 0 aliphatic heterocycles. The Morgan fingerprint density at radius 1 is 1.56 bits per heavy atom. The fraction of sp³-hybridized carbons (Fsp3) is 0.333. The molecular weight excluding hydrogens is 230 g/mol. The highest BCUT2D eigenvalue weighted by Crippen LogP contribution is 2.17. The smallest absolute Gasteiger partial charge is 0.266 e. The first-order valence-corrected chi connectivity index (χ1v) is 5.16. The van der Waals surface area contributed by atoms with Crippen LogP contribution in [-0.2, 0) is 0 Å². The number of hydrazine groups is 1. The van der Waals surface area contributed by atoms with Crippen LogP contribution < -0.4 is 11.3 Å². The summed E-state index contributed by atoms with van der Waals surface area (Å²) in [6.45, 7) is 0. The first-order valence-electron chi connectivity index (χ1n) is 4.53.